The van der Waals surface area contributed by atoms with Crippen molar-refractivity contribution >= 4 is 16.9 Å². The highest BCUT2D eigenvalue weighted by atomic mass is 16.4. The van der Waals surface area contributed by atoms with E-state index in [4.69, 9.17) is 0 Å². The van der Waals surface area contributed by atoms with E-state index in [0.717, 1.165) is 42.3 Å². The molecule has 0 spiro atoms. The minimum atomic E-state index is -0.841. The summed E-state index contributed by atoms with van der Waals surface area (Å²) in [6.07, 6.45) is 5.22. The SMILES string of the molecule is CCCCn1cc(CC)c2cc(C)cc(C(=O)O)c21. The molecule has 3 heteroatoms. The van der Waals surface area contributed by atoms with Gasteiger partial charge in [0.25, 0.3) is 0 Å². The molecule has 2 aromatic rings. The maximum absolute atomic E-state index is 11.5. The van der Waals surface area contributed by atoms with Gasteiger partial charge >= 0.3 is 5.97 Å². The second-order valence-corrected chi connectivity index (χ2v) is 5.07. The molecule has 1 aromatic heterocycles. The van der Waals surface area contributed by atoms with Gasteiger partial charge in [-0.25, -0.2) is 4.79 Å². The summed E-state index contributed by atoms with van der Waals surface area (Å²) in [5.41, 5.74) is 3.54. The Labute approximate surface area is 113 Å². The van der Waals surface area contributed by atoms with E-state index in [-0.39, 0.29) is 0 Å². The first-order chi connectivity index (χ1) is 9.08. The van der Waals surface area contributed by atoms with E-state index in [9.17, 15) is 9.90 Å². The summed E-state index contributed by atoms with van der Waals surface area (Å²) in [4.78, 5) is 11.5. The fourth-order valence-corrected chi connectivity index (χ4v) is 2.60. The van der Waals surface area contributed by atoms with Gasteiger partial charge in [0.2, 0.25) is 0 Å². The summed E-state index contributed by atoms with van der Waals surface area (Å²) in [7, 11) is 0. The molecule has 0 fully saturated rings. The molecule has 0 aliphatic rings. The zero-order valence-corrected chi connectivity index (χ0v) is 11.9. The monoisotopic (exact) mass is 259 g/mol. The Balaban J connectivity index is 2.71. The van der Waals surface area contributed by atoms with Gasteiger partial charge in [0.15, 0.2) is 0 Å². The van der Waals surface area contributed by atoms with E-state index >= 15 is 0 Å². The Morgan fingerprint density at radius 2 is 2.05 bits per heavy atom. The van der Waals surface area contributed by atoms with Crippen LogP contribution >= 0.6 is 0 Å². The highest BCUT2D eigenvalue weighted by molar-refractivity contribution is 6.03. The number of benzene rings is 1. The lowest BCUT2D eigenvalue weighted by Crippen LogP contribution is -2.03. The van der Waals surface area contributed by atoms with Crippen LogP contribution in [0.2, 0.25) is 0 Å². The van der Waals surface area contributed by atoms with Crippen molar-refractivity contribution in [3.8, 4) is 0 Å². The minimum absolute atomic E-state index is 0.422. The Morgan fingerprint density at radius 3 is 2.63 bits per heavy atom. The number of hydrogen-bond acceptors (Lipinski definition) is 1. The topological polar surface area (TPSA) is 42.2 Å². The zero-order valence-electron chi connectivity index (χ0n) is 11.9. The predicted octanol–water partition coefficient (Wildman–Crippen LogP) is 4.01. The Bertz CT molecular complexity index is 611. The lowest BCUT2D eigenvalue weighted by atomic mass is 10.0. The molecule has 19 heavy (non-hydrogen) atoms. The normalized spacial score (nSPS) is 11.1. The molecular formula is C16H21NO2. The zero-order chi connectivity index (χ0) is 14.0. The standard InChI is InChI=1S/C16H21NO2/c1-4-6-7-17-10-12(5-2)13-8-11(3)9-14(15(13)17)16(18)19/h8-10H,4-7H2,1-3H3,(H,18,19). The van der Waals surface area contributed by atoms with E-state index in [1.165, 1.54) is 5.56 Å². The van der Waals surface area contributed by atoms with Crippen LogP contribution in [0.3, 0.4) is 0 Å². The Morgan fingerprint density at radius 1 is 1.32 bits per heavy atom. The van der Waals surface area contributed by atoms with Crippen molar-refractivity contribution in [1.29, 1.82) is 0 Å². The quantitative estimate of drug-likeness (QED) is 0.881. The van der Waals surface area contributed by atoms with Crippen LogP contribution in [-0.2, 0) is 13.0 Å². The molecule has 3 nitrogen and oxygen atoms in total. The van der Waals surface area contributed by atoms with Crippen molar-refractivity contribution in [2.45, 2.75) is 46.6 Å². The molecule has 0 unspecified atom stereocenters. The average Bonchev–Trinajstić information content (AvgIpc) is 2.73. The summed E-state index contributed by atoms with van der Waals surface area (Å²) < 4.78 is 2.11. The number of carboxylic acids is 1. The number of aromatic nitrogens is 1. The van der Waals surface area contributed by atoms with Crippen LogP contribution in [0.4, 0.5) is 0 Å². The number of aromatic carboxylic acids is 1. The summed E-state index contributed by atoms with van der Waals surface area (Å²) in [6.45, 7) is 7.10. The maximum Gasteiger partial charge on any atom is 0.337 e. The molecule has 0 saturated carbocycles. The Kier molecular flexibility index (Phi) is 3.93. The summed E-state index contributed by atoms with van der Waals surface area (Å²) >= 11 is 0. The van der Waals surface area contributed by atoms with Crippen molar-refractivity contribution in [3.63, 3.8) is 0 Å². The third kappa shape index (κ3) is 2.50. The Hall–Kier alpha value is -1.77. The first-order valence-electron chi connectivity index (χ1n) is 6.94. The van der Waals surface area contributed by atoms with Crippen molar-refractivity contribution in [3.05, 3.63) is 35.0 Å². The van der Waals surface area contributed by atoms with Gasteiger partial charge in [-0.2, -0.15) is 0 Å². The molecular weight excluding hydrogens is 238 g/mol. The number of rotatable bonds is 5. The second-order valence-electron chi connectivity index (χ2n) is 5.07. The predicted molar refractivity (Wildman–Crippen MR) is 77.9 cm³/mol. The van der Waals surface area contributed by atoms with E-state index in [1.54, 1.807) is 6.07 Å². The number of fused-ring (bicyclic) bond motifs is 1. The lowest BCUT2D eigenvalue weighted by Gasteiger charge is -2.07. The summed E-state index contributed by atoms with van der Waals surface area (Å²) in [5, 5.41) is 10.5. The van der Waals surface area contributed by atoms with E-state index in [2.05, 4.69) is 30.7 Å². The number of unbranched alkanes of at least 4 members (excludes halogenated alkanes) is 1. The van der Waals surface area contributed by atoms with Gasteiger partial charge in [-0.15, -0.1) is 0 Å². The first-order valence-corrected chi connectivity index (χ1v) is 6.94. The van der Waals surface area contributed by atoms with Crippen LogP contribution in [0.15, 0.2) is 18.3 Å². The van der Waals surface area contributed by atoms with Crippen LogP contribution in [0.5, 0.6) is 0 Å². The molecule has 2 rings (SSSR count). The van der Waals surface area contributed by atoms with Crippen LogP contribution in [0, 0.1) is 6.92 Å². The maximum atomic E-state index is 11.5. The van der Waals surface area contributed by atoms with E-state index in [1.807, 2.05) is 6.92 Å². The largest absolute Gasteiger partial charge is 0.478 e. The van der Waals surface area contributed by atoms with Crippen molar-refractivity contribution in [2.24, 2.45) is 0 Å². The van der Waals surface area contributed by atoms with Gasteiger partial charge < -0.3 is 9.67 Å². The first kappa shape index (κ1) is 13.7. The molecule has 1 aromatic carbocycles. The molecule has 1 heterocycles. The van der Waals surface area contributed by atoms with Crippen LogP contribution in [0.25, 0.3) is 10.9 Å². The molecule has 0 radical (unpaired) electrons. The van der Waals surface area contributed by atoms with Gasteiger partial charge in [-0.3, -0.25) is 0 Å². The van der Waals surface area contributed by atoms with Gasteiger partial charge in [0, 0.05) is 18.1 Å². The molecule has 0 saturated heterocycles. The van der Waals surface area contributed by atoms with Crippen molar-refractivity contribution in [1.82, 2.24) is 4.57 Å². The molecule has 0 aliphatic heterocycles. The number of carboxylic acid groups (broad SMARTS) is 1. The average molecular weight is 259 g/mol. The van der Waals surface area contributed by atoms with Gasteiger partial charge in [0.05, 0.1) is 11.1 Å². The minimum Gasteiger partial charge on any atom is -0.478 e. The molecule has 1 N–H and O–H groups in total. The van der Waals surface area contributed by atoms with Gasteiger partial charge in [0.1, 0.15) is 0 Å². The molecule has 102 valence electrons. The lowest BCUT2D eigenvalue weighted by molar-refractivity contribution is 0.0698. The number of hydrogen-bond donors (Lipinski definition) is 1. The van der Waals surface area contributed by atoms with Crippen LogP contribution in [0.1, 0.15) is 48.2 Å². The van der Waals surface area contributed by atoms with Gasteiger partial charge in [-0.05, 0) is 43.0 Å². The van der Waals surface area contributed by atoms with E-state index < -0.39 is 5.97 Å². The molecule has 0 atom stereocenters. The molecule has 0 aliphatic carbocycles. The second kappa shape index (κ2) is 5.47. The van der Waals surface area contributed by atoms with Crippen LogP contribution < -0.4 is 0 Å². The van der Waals surface area contributed by atoms with Crippen LogP contribution in [-0.4, -0.2) is 15.6 Å². The fourth-order valence-electron chi connectivity index (χ4n) is 2.60. The number of carbonyl (C=O) groups is 1. The fraction of sp³-hybridized carbons (Fsp3) is 0.438. The third-order valence-electron chi connectivity index (χ3n) is 3.56. The third-order valence-corrected chi connectivity index (χ3v) is 3.56. The number of nitrogens with zero attached hydrogens (tertiary/aromatic N) is 1. The number of aryl methyl sites for hydroxylation is 3. The molecule has 0 amide bonds. The summed E-state index contributed by atoms with van der Waals surface area (Å²) in [5.74, 6) is -0.841. The van der Waals surface area contributed by atoms with Gasteiger partial charge in [-0.1, -0.05) is 20.3 Å². The smallest absolute Gasteiger partial charge is 0.337 e. The van der Waals surface area contributed by atoms with Crippen molar-refractivity contribution < 1.29 is 9.90 Å². The van der Waals surface area contributed by atoms with E-state index in [0.29, 0.717) is 5.56 Å². The molecule has 0 bridgehead atoms. The van der Waals surface area contributed by atoms with Crippen molar-refractivity contribution in [2.75, 3.05) is 0 Å². The highest BCUT2D eigenvalue weighted by Crippen LogP contribution is 2.27. The highest BCUT2D eigenvalue weighted by Gasteiger charge is 2.16. The summed E-state index contributed by atoms with van der Waals surface area (Å²) in [6, 6.07) is 3.87.